The van der Waals surface area contributed by atoms with Gasteiger partial charge in [0.1, 0.15) is 11.4 Å². The zero-order valence-electron chi connectivity index (χ0n) is 23.1. The predicted octanol–water partition coefficient (Wildman–Crippen LogP) is 7.27. The van der Waals surface area contributed by atoms with E-state index in [2.05, 4.69) is 16.0 Å². The van der Waals surface area contributed by atoms with Crippen molar-refractivity contribution in [2.75, 3.05) is 17.7 Å². The fraction of sp³-hybridized carbons (Fsp3) is 0.121. The third-order valence-corrected chi connectivity index (χ3v) is 7.81. The molecular formula is C33H30ClN3O4S. The van der Waals surface area contributed by atoms with Crippen LogP contribution in [0.1, 0.15) is 29.3 Å². The van der Waals surface area contributed by atoms with E-state index in [1.54, 1.807) is 92.0 Å². The second kappa shape index (κ2) is 14.9. The summed E-state index contributed by atoms with van der Waals surface area (Å²) in [4.78, 5) is 40.2. The molecule has 1 atom stereocenters. The third-order valence-electron chi connectivity index (χ3n) is 6.10. The molecule has 214 valence electrons. The van der Waals surface area contributed by atoms with Crippen LogP contribution < -0.4 is 20.7 Å². The number of carbonyl (C=O) groups is 3. The number of benzene rings is 4. The number of hydrogen-bond donors (Lipinski definition) is 3. The van der Waals surface area contributed by atoms with Gasteiger partial charge in [-0.3, -0.25) is 14.4 Å². The van der Waals surface area contributed by atoms with Crippen molar-refractivity contribution in [3.05, 3.63) is 125 Å². The molecule has 7 nitrogen and oxygen atoms in total. The Bertz CT molecular complexity index is 1590. The molecule has 0 saturated carbocycles. The lowest BCUT2D eigenvalue weighted by Crippen LogP contribution is -2.30. The number of amides is 3. The second-order valence-corrected chi connectivity index (χ2v) is 10.8. The van der Waals surface area contributed by atoms with E-state index in [1.165, 1.54) is 17.8 Å². The molecule has 0 spiro atoms. The molecule has 0 aliphatic heterocycles. The Morgan fingerprint density at radius 1 is 0.857 bits per heavy atom. The summed E-state index contributed by atoms with van der Waals surface area (Å²) in [5.41, 5.74) is 2.17. The Morgan fingerprint density at radius 3 is 2.26 bits per heavy atom. The highest BCUT2D eigenvalue weighted by molar-refractivity contribution is 8.00. The number of methoxy groups -OCH3 is 1. The first kappa shape index (κ1) is 30.4. The van der Waals surface area contributed by atoms with E-state index in [0.717, 1.165) is 4.90 Å². The van der Waals surface area contributed by atoms with Crippen LogP contribution in [0.5, 0.6) is 5.75 Å². The van der Waals surface area contributed by atoms with Gasteiger partial charge in [0.2, 0.25) is 5.91 Å². The van der Waals surface area contributed by atoms with Crippen molar-refractivity contribution in [1.82, 2.24) is 5.32 Å². The van der Waals surface area contributed by atoms with E-state index in [1.807, 2.05) is 25.1 Å². The molecular weight excluding hydrogens is 570 g/mol. The van der Waals surface area contributed by atoms with Gasteiger partial charge in [-0.2, -0.15) is 0 Å². The number of halogens is 1. The average Bonchev–Trinajstić information content (AvgIpc) is 3.01. The van der Waals surface area contributed by atoms with Crippen molar-refractivity contribution in [2.24, 2.45) is 0 Å². The molecule has 0 aliphatic carbocycles. The van der Waals surface area contributed by atoms with Gasteiger partial charge in [-0.15, -0.1) is 11.8 Å². The van der Waals surface area contributed by atoms with Crippen molar-refractivity contribution >= 4 is 58.5 Å². The molecule has 9 heteroatoms. The maximum Gasteiger partial charge on any atom is 0.272 e. The summed E-state index contributed by atoms with van der Waals surface area (Å²) in [7, 11) is 1.57. The Morgan fingerprint density at radius 2 is 1.55 bits per heavy atom. The molecule has 4 aromatic carbocycles. The van der Waals surface area contributed by atoms with Crippen LogP contribution in [0.15, 0.2) is 114 Å². The van der Waals surface area contributed by atoms with Crippen molar-refractivity contribution < 1.29 is 19.1 Å². The van der Waals surface area contributed by atoms with Crippen molar-refractivity contribution in [1.29, 1.82) is 0 Å². The quantitative estimate of drug-likeness (QED) is 0.124. The van der Waals surface area contributed by atoms with Gasteiger partial charge in [0.05, 0.1) is 12.4 Å². The molecule has 3 N–H and O–H groups in total. The van der Waals surface area contributed by atoms with Crippen LogP contribution in [-0.2, 0) is 9.59 Å². The van der Waals surface area contributed by atoms with E-state index in [4.69, 9.17) is 16.3 Å². The SMILES string of the molecule is CCC(Sc1cccc(NC(=O)/C(=C\c2ccccc2Cl)NC(=O)c2ccccc2)c1)C(=O)Nc1cccc(OC)c1. The summed E-state index contributed by atoms with van der Waals surface area (Å²) in [6.07, 6.45) is 2.13. The minimum atomic E-state index is -0.524. The number of rotatable bonds is 11. The minimum absolute atomic E-state index is 0.0270. The van der Waals surface area contributed by atoms with Crippen molar-refractivity contribution in [2.45, 2.75) is 23.5 Å². The molecule has 1 unspecified atom stereocenters. The largest absolute Gasteiger partial charge is 0.497 e. The minimum Gasteiger partial charge on any atom is -0.497 e. The van der Waals surface area contributed by atoms with Gasteiger partial charge in [-0.1, -0.05) is 67.1 Å². The number of anilines is 2. The average molecular weight is 600 g/mol. The lowest BCUT2D eigenvalue weighted by molar-refractivity contribution is -0.116. The first-order chi connectivity index (χ1) is 20.4. The lowest BCUT2D eigenvalue weighted by Gasteiger charge is -2.16. The fourth-order valence-electron chi connectivity index (χ4n) is 3.95. The highest BCUT2D eigenvalue weighted by Gasteiger charge is 2.20. The number of hydrogen-bond acceptors (Lipinski definition) is 5. The van der Waals surface area contributed by atoms with Crippen LogP contribution in [-0.4, -0.2) is 30.1 Å². The van der Waals surface area contributed by atoms with Crippen LogP contribution in [0.3, 0.4) is 0 Å². The molecule has 0 heterocycles. The van der Waals surface area contributed by atoms with Gasteiger partial charge in [0.25, 0.3) is 11.8 Å². The summed E-state index contributed by atoms with van der Waals surface area (Å²) in [6, 6.07) is 30.0. The van der Waals surface area contributed by atoms with Crippen LogP contribution in [0.4, 0.5) is 11.4 Å². The van der Waals surface area contributed by atoms with Gasteiger partial charge in [-0.05, 0) is 66.6 Å². The zero-order chi connectivity index (χ0) is 29.9. The Hall–Kier alpha value is -4.53. The smallest absolute Gasteiger partial charge is 0.272 e. The molecule has 0 radical (unpaired) electrons. The zero-order valence-corrected chi connectivity index (χ0v) is 24.7. The molecule has 42 heavy (non-hydrogen) atoms. The van der Waals surface area contributed by atoms with E-state index in [9.17, 15) is 14.4 Å². The lowest BCUT2D eigenvalue weighted by atomic mass is 10.1. The summed E-state index contributed by atoms with van der Waals surface area (Å²) in [5.74, 6) is -0.441. The van der Waals surface area contributed by atoms with Crippen LogP contribution in [0, 0.1) is 0 Å². The Balaban J connectivity index is 1.50. The third kappa shape index (κ3) is 8.49. The Kier molecular flexibility index (Phi) is 10.8. The maximum absolute atomic E-state index is 13.4. The van der Waals surface area contributed by atoms with E-state index in [-0.39, 0.29) is 16.9 Å². The molecule has 0 saturated heterocycles. The summed E-state index contributed by atoms with van der Waals surface area (Å²) >= 11 is 7.72. The van der Waals surface area contributed by atoms with Gasteiger partial charge in [0.15, 0.2) is 0 Å². The first-order valence-corrected chi connectivity index (χ1v) is 14.5. The van der Waals surface area contributed by atoms with Crippen molar-refractivity contribution in [3.63, 3.8) is 0 Å². The van der Waals surface area contributed by atoms with Crippen LogP contribution in [0.2, 0.25) is 5.02 Å². The molecule has 4 rings (SSSR count). The highest BCUT2D eigenvalue weighted by atomic mass is 35.5. The first-order valence-electron chi connectivity index (χ1n) is 13.2. The fourth-order valence-corrected chi connectivity index (χ4v) is 5.15. The van der Waals surface area contributed by atoms with Gasteiger partial charge >= 0.3 is 0 Å². The monoisotopic (exact) mass is 599 g/mol. The number of thioether (sulfide) groups is 1. The molecule has 0 fully saturated rings. The molecule has 0 aliphatic rings. The molecule has 4 aromatic rings. The van der Waals surface area contributed by atoms with Gasteiger partial charge < -0.3 is 20.7 Å². The van der Waals surface area contributed by atoms with Gasteiger partial charge in [-0.25, -0.2) is 0 Å². The van der Waals surface area contributed by atoms with Crippen LogP contribution >= 0.6 is 23.4 Å². The van der Waals surface area contributed by atoms with Gasteiger partial charge in [0, 0.05) is 32.9 Å². The van der Waals surface area contributed by atoms with Crippen molar-refractivity contribution in [3.8, 4) is 5.75 Å². The normalized spacial score (nSPS) is 11.7. The Labute approximate surface area is 254 Å². The number of nitrogens with one attached hydrogen (secondary N) is 3. The number of ether oxygens (including phenoxy) is 1. The van der Waals surface area contributed by atoms with E-state index >= 15 is 0 Å². The summed E-state index contributed by atoms with van der Waals surface area (Å²) in [5, 5.41) is 8.58. The molecule has 0 aromatic heterocycles. The predicted molar refractivity (Wildman–Crippen MR) is 170 cm³/mol. The molecule has 3 amide bonds. The second-order valence-electron chi connectivity index (χ2n) is 9.12. The highest BCUT2D eigenvalue weighted by Crippen LogP contribution is 2.29. The molecule has 0 bridgehead atoms. The maximum atomic E-state index is 13.4. The summed E-state index contributed by atoms with van der Waals surface area (Å²) < 4.78 is 5.24. The van der Waals surface area contributed by atoms with E-state index in [0.29, 0.717) is 39.7 Å². The summed E-state index contributed by atoms with van der Waals surface area (Å²) in [6.45, 7) is 1.94. The number of carbonyl (C=O) groups excluding carboxylic acids is 3. The van der Waals surface area contributed by atoms with Crippen LogP contribution in [0.25, 0.3) is 6.08 Å². The standard InChI is InChI=1S/C33H30ClN3O4S/c1-3-30(33(40)36-24-14-9-16-26(20-24)41-2)42-27-17-10-15-25(21-27)35-32(39)29(19-23-13-7-8-18-28(23)34)37-31(38)22-11-5-4-6-12-22/h4-21,30H,3H2,1-2H3,(H,35,39)(H,36,40)(H,37,38)/b29-19+. The van der Waals surface area contributed by atoms with E-state index < -0.39 is 11.8 Å². The topological polar surface area (TPSA) is 96.5 Å².